The number of para-hydroxylation sites is 1. The second-order valence-corrected chi connectivity index (χ2v) is 20.6. The number of aliphatic hydroxyl groups excluding tert-OH is 3. The highest BCUT2D eigenvalue weighted by Crippen LogP contribution is 2.49. The van der Waals surface area contributed by atoms with Gasteiger partial charge in [0.05, 0.1) is 39.1 Å². The van der Waals surface area contributed by atoms with Crippen molar-refractivity contribution in [3.8, 4) is 11.5 Å². The Labute approximate surface area is 458 Å². The van der Waals surface area contributed by atoms with E-state index in [-0.39, 0.29) is 11.6 Å². The van der Waals surface area contributed by atoms with Crippen molar-refractivity contribution in [2.24, 2.45) is 0 Å². The average molecular weight is 1120 g/mol. The standard InChI is InChI=1S/C33H33N5O6.C21H27N6O8P/c1-20(39)26-27-28(44-32(41-3)43-27)31(42-26)38-19-36-25-29(34-18-35-30(25)38)37-33(21-10-6-4-7-11-21,22-12-8-5-9-13-22)23-14-16-24(40-2)17-15-23;1-11(21(30)32-3)26-36(31,35-13-7-5-4-6-8-13)34-12(2)17-15(28)16(29)20(33-17)27-10-25-14-18(22)23-9-24-19(14)27/h4-20,26-28,31-32,39H,1-3H3,(H,34,35,37);4-12,15-17,20,28-29H,1-3H3,(H,26,31)(H2,22,23,24)/t20-,26?,27+,28+,31+,32?;11-,12-,15-,16+,17?,20+,36?/m00/s1. The molecule has 0 amide bonds. The molecule has 0 radical (unpaired) electrons. The minimum atomic E-state index is -4.22. The fourth-order valence-corrected chi connectivity index (χ4v) is 11.7. The number of carbonyl (C=O) groups is 1. The van der Waals surface area contributed by atoms with E-state index < -0.39 is 93.1 Å². The van der Waals surface area contributed by atoms with Crippen molar-refractivity contribution in [3.05, 3.63) is 157 Å². The first kappa shape index (κ1) is 55.8. The van der Waals surface area contributed by atoms with Crippen LogP contribution in [0.4, 0.5) is 11.6 Å². The van der Waals surface area contributed by atoms with Crippen LogP contribution in [0.15, 0.2) is 141 Å². The van der Waals surface area contributed by atoms with Gasteiger partial charge >= 0.3 is 13.7 Å². The van der Waals surface area contributed by atoms with Gasteiger partial charge in [0.15, 0.2) is 40.9 Å². The summed E-state index contributed by atoms with van der Waals surface area (Å²) in [5, 5.41) is 38.2. The number of esters is 1. The number of methoxy groups -OCH3 is 3. The molecule has 3 aliphatic rings. The van der Waals surface area contributed by atoms with Crippen molar-refractivity contribution < 1.29 is 66.9 Å². The highest BCUT2D eigenvalue weighted by molar-refractivity contribution is 7.52. The molecule has 3 fully saturated rings. The summed E-state index contributed by atoms with van der Waals surface area (Å²) in [7, 11) is 0.124. The number of aromatic nitrogens is 8. The van der Waals surface area contributed by atoms with Crippen LogP contribution >= 0.6 is 7.75 Å². The first-order chi connectivity index (χ1) is 38.7. The maximum atomic E-state index is 13.7. The predicted molar refractivity (Wildman–Crippen MR) is 286 cm³/mol. The molecular weight excluding hydrogens is 1060 g/mol. The van der Waals surface area contributed by atoms with Gasteiger partial charge in [-0.1, -0.05) is 91.0 Å². The quantitative estimate of drug-likeness (QED) is 0.0374. The number of anilines is 2. The van der Waals surface area contributed by atoms with Crippen molar-refractivity contribution in [1.29, 1.82) is 0 Å². The van der Waals surface area contributed by atoms with Crippen LogP contribution in [0.2, 0.25) is 0 Å². The second-order valence-electron chi connectivity index (χ2n) is 19.0. The number of aliphatic hydroxyl groups is 3. The summed E-state index contributed by atoms with van der Waals surface area (Å²) in [6.07, 6.45) is -3.60. The SMILES string of the molecule is COC(=O)[C@H](C)NP(=O)(Oc1ccccc1)O[C@@H](C)C1O[C@@H](n2cnc3c(N)ncnc32)[C@H](O)[C@@H]1O.COc1ccc(C(Nc2ncnc3c2ncn3[C@@H]2OC([C@H](C)O)[C@H]3OC(OC)O[C@H]32)(c2ccccc2)c2ccccc2)cc1. The van der Waals surface area contributed by atoms with Crippen LogP contribution in [0.25, 0.3) is 22.3 Å². The van der Waals surface area contributed by atoms with Crippen molar-refractivity contribution >= 4 is 47.7 Å². The van der Waals surface area contributed by atoms with Gasteiger partial charge in [-0.05, 0) is 61.7 Å². The molecule has 3 saturated heterocycles. The second kappa shape index (κ2) is 23.7. The Balaban J connectivity index is 0.000000184. The third kappa shape index (κ3) is 10.9. The number of rotatable bonds is 18. The first-order valence-corrected chi connectivity index (χ1v) is 26.9. The van der Waals surface area contributed by atoms with Gasteiger partial charge in [-0.2, -0.15) is 5.09 Å². The zero-order valence-electron chi connectivity index (χ0n) is 44.1. The fourth-order valence-electron chi connectivity index (χ4n) is 10.0. The third-order valence-electron chi connectivity index (χ3n) is 13.9. The Kier molecular flexibility index (Phi) is 16.5. The van der Waals surface area contributed by atoms with Crippen LogP contribution in [0.5, 0.6) is 11.5 Å². The summed E-state index contributed by atoms with van der Waals surface area (Å²) >= 11 is 0. The summed E-state index contributed by atoms with van der Waals surface area (Å²) < 4.78 is 67.8. The molecular formula is C54H60N11O14P. The number of nitrogen functional groups attached to an aromatic ring is 1. The van der Waals surface area contributed by atoms with E-state index in [1.54, 1.807) is 55.3 Å². The van der Waals surface area contributed by atoms with Crippen molar-refractivity contribution in [3.63, 3.8) is 0 Å². The Bertz CT molecular complexity index is 3380. The minimum absolute atomic E-state index is 0.143. The normalized spacial score (nSPS) is 24.5. The lowest BCUT2D eigenvalue weighted by molar-refractivity contribution is -0.259. The van der Waals surface area contributed by atoms with Crippen molar-refractivity contribution in [2.75, 3.05) is 32.4 Å². The predicted octanol–water partition coefficient (Wildman–Crippen LogP) is 5.00. The topological polar surface area (TPSA) is 315 Å². The largest absolute Gasteiger partial charge is 0.497 e. The van der Waals surface area contributed by atoms with Crippen molar-refractivity contribution in [1.82, 2.24) is 44.1 Å². The summed E-state index contributed by atoms with van der Waals surface area (Å²) in [4.78, 5) is 38.2. The highest BCUT2D eigenvalue weighted by atomic mass is 31.2. The van der Waals surface area contributed by atoms with Crippen LogP contribution < -0.4 is 25.4 Å². The Morgan fingerprint density at radius 1 is 0.675 bits per heavy atom. The molecule has 11 rings (SSSR count). The number of ether oxygens (including phenoxy) is 7. The summed E-state index contributed by atoms with van der Waals surface area (Å²) in [6.45, 7) is 3.72. The summed E-state index contributed by atoms with van der Waals surface area (Å²) in [6, 6.07) is 35.6. The number of imidazole rings is 2. The van der Waals surface area contributed by atoms with Crippen molar-refractivity contribution in [2.45, 2.75) is 100 Å². The zero-order chi connectivity index (χ0) is 56.3. The number of benzene rings is 4. The van der Waals surface area contributed by atoms with Crippen LogP contribution in [0.3, 0.4) is 0 Å². The van der Waals surface area contributed by atoms with Gasteiger partial charge in [0.25, 0.3) is 6.48 Å². The average Bonchev–Trinajstić information content (AvgIpc) is 4.41. The summed E-state index contributed by atoms with van der Waals surface area (Å²) in [5.74, 6) is 0.947. The van der Waals surface area contributed by atoms with E-state index in [0.717, 1.165) is 22.4 Å². The van der Waals surface area contributed by atoms with Crippen LogP contribution in [0.1, 0.15) is 49.9 Å². The lowest BCUT2D eigenvalue weighted by Crippen LogP contribution is -2.41. The Hall–Kier alpha value is -7.52. The number of fused-ring (bicyclic) bond motifs is 3. The van der Waals surface area contributed by atoms with E-state index in [9.17, 15) is 24.7 Å². The van der Waals surface area contributed by atoms with E-state index in [0.29, 0.717) is 28.1 Å². The molecule has 4 aromatic heterocycles. The number of nitrogens with zero attached hydrogens (tertiary/aromatic N) is 8. The molecule has 8 aromatic rings. The molecule has 0 saturated carbocycles. The maximum absolute atomic E-state index is 13.7. The maximum Gasteiger partial charge on any atom is 0.459 e. The Morgan fingerprint density at radius 2 is 1.24 bits per heavy atom. The van der Waals surface area contributed by atoms with Gasteiger partial charge in [0.1, 0.15) is 77.9 Å². The molecule has 0 bridgehead atoms. The van der Waals surface area contributed by atoms with Gasteiger partial charge in [-0.15, -0.1) is 0 Å². The molecule has 0 aliphatic carbocycles. The molecule has 7 N–H and O–H groups in total. The molecule has 0 spiro atoms. The molecule has 4 aromatic carbocycles. The lowest BCUT2D eigenvalue weighted by atomic mass is 9.77. The molecule has 13 atom stereocenters. The number of nitrogens with two attached hydrogens (primary N) is 1. The number of hydrogen-bond donors (Lipinski definition) is 6. The zero-order valence-corrected chi connectivity index (χ0v) is 45.0. The van der Waals surface area contributed by atoms with Crippen LogP contribution in [-0.4, -0.2) is 143 Å². The van der Waals surface area contributed by atoms with E-state index in [1.807, 2.05) is 48.5 Å². The highest BCUT2D eigenvalue weighted by Gasteiger charge is 2.56. The van der Waals surface area contributed by atoms with Gasteiger partial charge in [-0.3, -0.25) is 18.5 Å². The molecule has 420 valence electrons. The number of carbonyl (C=O) groups excluding carboxylic acids is 1. The first-order valence-electron chi connectivity index (χ1n) is 25.4. The van der Waals surface area contributed by atoms with Gasteiger partial charge in [0, 0.05) is 7.11 Å². The molecule has 26 heteroatoms. The minimum Gasteiger partial charge on any atom is -0.497 e. The van der Waals surface area contributed by atoms with Gasteiger partial charge in [0.2, 0.25) is 0 Å². The van der Waals surface area contributed by atoms with Crippen LogP contribution in [0, 0.1) is 0 Å². The lowest BCUT2D eigenvalue weighted by Gasteiger charge is -2.37. The van der Waals surface area contributed by atoms with Crippen LogP contribution in [-0.2, 0) is 47.8 Å². The fraction of sp³-hybridized carbons (Fsp3) is 0.352. The molecule has 25 nitrogen and oxygen atoms in total. The van der Waals surface area contributed by atoms with Gasteiger partial charge < -0.3 is 64.1 Å². The molecule has 3 aliphatic heterocycles. The number of nitrogens with one attached hydrogen (secondary N) is 2. The smallest absolute Gasteiger partial charge is 0.459 e. The van der Waals surface area contributed by atoms with E-state index in [4.69, 9.17) is 53.2 Å². The Morgan fingerprint density at radius 3 is 1.85 bits per heavy atom. The molecule has 7 heterocycles. The molecule has 80 heavy (non-hydrogen) atoms. The van der Waals surface area contributed by atoms with Gasteiger partial charge in [-0.25, -0.2) is 34.5 Å². The summed E-state index contributed by atoms with van der Waals surface area (Å²) in [5.41, 5.74) is 9.62. The number of hydrogen-bond acceptors (Lipinski definition) is 22. The van der Waals surface area contributed by atoms with E-state index in [2.05, 4.69) is 71.5 Å². The molecule has 4 unspecified atom stereocenters. The third-order valence-corrected chi connectivity index (χ3v) is 15.6. The van der Waals surface area contributed by atoms with E-state index in [1.165, 1.54) is 51.6 Å². The monoisotopic (exact) mass is 1120 g/mol. The van der Waals surface area contributed by atoms with E-state index >= 15 is 0 Å².